The fraction of sp³-hybridized carbons (Fsp3) is 0.111. The van der Waals surface area contributed by atoms with Gasteiger partial charge < -0.3 is 9.42 Å². The molecule has 0 radical (unpaired) electrons. The van der Waals surface area contributed by atoms with E-state index in [-0.39, 0.29) is 17.4 Å². The molecule has 1 aliphatic rings. The lowest BCUT2D eigenvalue weighted by Gasteiger charge is -2.15. The van der Waals surface area contributed by atoms with Crippen molar-refractivity contribution in [3.8, 4) is 11.3 Å². The Kier molecular flexibility index (Phi) is 3.69. The summed E-state index contributed by atoms with van der Waals surface area (Å²) in [6.07, 6.45) is 0.809. The summed E-state index contributed by atoms with van der Waals surface area (Å²) >= 11 is 3.44. The van der Waals surface area contributed by atoms with Crippen LogP contribution >= 0.6 is 15.9 Å². The van der Waals surface area contributed by atoms with Crippen molar-refractivity contribution in [1.82, 2.24) is 5.16 Å². The maximum atomic E-state index is 13.0. The number of carbonyl (C=O) groups is 1. The van der Waals surface area contributed by atoms with Crippen LogP contribution in [0.25, 0.3) is 11.3 Å². The van der Waals surface area contributed by atoms with Crippen LogP contribution in [-0.2, 0) is 6.42 Å². The molecule has 0 fully saturated rings. The number of anilines is 1. The van der Waals surface area contributed by atoms with Crippen LogP contribution in [0.5, 0.6) is 0 Å². The third kappa shape index (κ3) is 2.63. The van der Waals surface area contributed by atoms with E-state index in [1.165, 1.54) is 12.1 Å². The van der Waals surface area contributed by atoms with Crippen LogP contribution in [0, 0.1) is 5.82 Å². The first-order chi connectivity index (χ1) is 11.6. The summed E-state index contributed by atoms with van der Waals surface area (Å²) in [5.74, 6) is -0.0869. The van der Waals surface area contributed by atoms with Crippen molar-refractivity contribution >= 4 is 27.5 Å². The molecule has 4 nitrogen and oxygen atoms in total. The monoisotopic (exact) mass is 386 g/mol. The van der Waals surface area contributed by atoms with E-state index in [4.69, 9.17) is 4.52 Å². The minimum absolute atomic E-state index is 0.201. The van der Waals surface area contributed by atoms with E-state index in [1.807, 2.05) is 18.2 Å². The third-order valence-corrected chi connectivity index (χ3v) is 4.53. The minimum Gasteiger partial charge on any atom is -0.355 e. The number of benzene rings is 2. The van der Waals surface area contributed by atoms with Gasteiger partial charge >= 0.3 is 0 Å². The summed E-state index contributed by atoms with van der Waals surface area (Å²) in [6.45, 7) is 0.614. The molecule has 2 heterocycles. The van der Waals surface area contributed by atoms with E-state index in [9.17, 15) is 9.18 Å². The summed E-state index contributed by atoms with van der Waals surface area (Å²) in [7, 11) is 0. The Labute approximate surface area is 146 Å². The van der Waals surface area contributed by atoms with Gasteiger partial charge in [0, 0.05) is 28.3 Å². The lowest BCUT2D eigenvalue weighted by molar-refractivity contribution is 0.0981. The van der Waals surface area contributed by atoms with Gasteiger partial charge in [-0.25, -0.2) is 4.39 Å². The second-order valence-corrected chi connectivity index (χ2v) is 6.48. The maximum absolute atomic E-state index is 13.0. The Morgan fingerprint density at radius 1 is 1.17 bits per heavy atom. The molecule has 0 spiro atoms. The average Bonchev–Trinajstić information content (AvgIpc) is 3.21. The predicted octanol–water partition coefficient (Wildman–Crippen LogP) is 4.45. The third-order valence-electron chi connectivity index (χ3n) is 4.04. The van der Waals surface area contributed by atoms with Crippen LogP contribution in [0.4, 0.5) is 10.1 Å². The first-order valence-electron chi connectivity index (χ1n) is 7.45. The number of hydrogen-bond donors (Lipinski definition) is 0. The van der Waals surface area contributed by atoms with E-state index < -0.39 is 0 Å². The average molecular weight is 387 g/mol. The SMILES string of the molecule is O=C(c1cc(-c2ccc(F)cc2)on1)N1CCc2cc(Br)ccc21. The lowest BCUT2D eigenvalue weighted by Crippen LogP contribution is -2.29. The van der Waals surface area contributed by atoms with Gasteiger partial charge in [-0.1, -0.05) is 21.1 Å². The van der Waals surface area contributed by atoms with E-state index in [2.05, 4.69) is 21.1 Å². The summed E-state index contributed by atoms with van der Waals surface area (Å²) in [6, 6.07) is 13.3. The molecular formula is C18H12BrFN2O2. The van der Waals surface area contributed by atoms with Crippen molar-refractivity contribution in [1.29, 1.82) is 0 Å². The van der Waals surface area contributed by atoms with Crippen molar-refractivity contribution in [3.05, 3.63) is 70.1 Å². The maximum Gasteiger partial charge on any atom is 0.280 e. The zero-order valence-electron chi connectivity index (χ0n) is 12.5. The Morgan fingerprint density at radius 3 is 2.75 bits per heavy atom. The summed E-state index contributed by atoms with van der Waals surface area (Å²) in [5.41, 5.74) is 2.94. The predicted molar refractivity (Wildman–Crippen MR) is 91.4 cm³/mol. The molecule has 1 amide bonds. The number of amides is 1. The number of halogens is 2. The van der Waals surface area contributed by atoms with Crippen LogP contribution in [0.15, 0.2) is 57.5 Å². The largest absolute Gasteiger partial charge is 0.355 e. The fourth-order valence-electron chi connectivity index (χ4n) is 2.85. The number of rotatable bonds is 2. The normalized spacial score (nSPS) is 13.2. The molecule has 1 aromatic heterocycles. The Hall–Kier alpha value is -2.47. The second kappa shape index (κ2) is 5.87. The highest BCUT2D eigenvalue weighted by atomic mass is 79.9. The highest BCUT2D eigenvalue weighted by molar-refractivity contribution is 9.10. The molecule has 2 aromatic carbocycles. The number of hydrogen-bond acceptors (Lipinski definition) is 3. The van der Waals surface area contributed by atoms with Crippen LogP contribution in [0.1, 0.15) is 16.1 Å². The molecule has 1 aliphatic heterocycles. The van der Waals surface area contributed by atoms with Crippen molar-refractivity contribution in [2.45, 2.75) is 6.42 Å². The number of aromatic nitrogens is 1. The van der Waals surface area contributed by atoms with Gasteiger partial charge in [0.1, 0.15) is 5.82 Å². The number of carbonyl (C=O) groups excluding carboxylic acids is 1. The van der Waals surface area contributed by atoms with Crippen molar-refractivity contribution in [3.63, 3.8) is 0 Å². The van der Waals surface area contributed by atoms with E-state index >= 15 is 0 Å². The van der Waals surface area contributed by atoms with E-state index in [0.29, 0.717) is 17.9 Å². The minimum atomic E-state index is -0.325. The van der Waals surface area contributed by atoms with Gasteiger partial charge in [0.15, 0.2) is 11.5 Å². The quantitative estimate of drug-likeness (QED) is 0.653. The second-order valence-electron chi connectivity index (χ2n) is 5.56. The molecule has 4 rings (SSSR count). The Balaban J connectivity index is 1.62. The molecule has 6 heteroatoms. The molecule has 0 bridgehead atoms. The molecule has 0 unspecified atom stereocenters. The lowest BCUT2D eigenvalue weighted by atomic mass is 10.1. The molecule has 24 heavy (non-hydrogen) atoms. The van der Waals surface area contributed by atoms with Crippen molar-refractivity contribution < 1.29 is 13.7 Å². The Morgan fingerprint density at radius 2 is 1.96 bits per heavy atom. The van der Waals surface area contributed by atoms with Gasteiger partial charge in [0.05, 0.1) is 0 Å². The van der Waals surface area contributed by atoms with Gasteiger partial charge in [-0.2, -0.15) is 0 Å². The topological polar surface area (TPSA) is 46.3 Å². The zero-order valence-corrected chi connectivity index (χ0v) is 14.1. The van der Waals surface area contributed by atoms with Crippen molar-refractivity contribution in [2.75, 3.05) is 11.4 Å². The number of nitrogens with zero attached hydrogens (tertiary/aromatic N) is 2. The van der Waals surface area contributed by atoms with Gasteiger partial charge in [0.25, 0.3) is 5.91 Å². The van der Waals surface area contributed by atoms with E-state index in [1.54, 1.807) is 23.1 Å². The molecular weight excluding hydrogens is 375 g/mol. The van der Waals surface area contributed by atoms with Crippen LogP contribution < -0.4 is 4.90 Å². The molecule has 0 saturated heterocycles. The number of fused-ring (bicyclic) bond motifs is 1. The van der Waals surface area contributed by atoms with Gasteiger partial charge in [-0.05, 0) is 54.4 Å². The highest BCUT2D eigenvalue weighted by Crippen LogP contribution is 2.32. The molecule has 0 aliphatic carbocycles. The van der Waals surface area contributed by atoms with Gasteiger partial charge in [-0.3, -0.25) is 4.79 Å². The molecule has 0 N–H and O–H groups in total. The van der Waals surface area contributed by atoms with Crippen LogP contribution in [0.3, 0.4) is 0 Å². The molecule has 120 valence electrons. The fourth-order valence-corrected chi connectivity index (χ4v) is 3.25. The Bertz CT molecular complexity index is 921. The summed E-state index contributed by atoms with van der Waals surface area (Å²) in [4.78, 5) is 14.4. The van der Waals surface area contributed by atoms with Crippen LogP contribution in [0.2, 0.25) is 0 Å². The standard InChI is InChI=1S/C18H12BrFN2O2/c19-13-3-6-16-12(9-13)7-8-22(16)18(23)15-10-17(24-21-15)11-1-4-14(20)5-2-11/h1-6,9-10H,7-8H2. The van der Waals surface area contributed by atoms with Gasteiger partial charge in [-0.15, -0.1) is 0 Å². The summed E-state index contributed by atoms with van der Waals surface area (Å²) in [5, 5.41) is 3.88. The van der Waals surface area contributed by atoms with E-state index in [0.717, 1.165) is 22.1 Å². The van der Waals surface area contributed by atoms with Crippen LogP contribution in [-0.4, -0.2) is 17.6 Å². The molecule has 3 aromatic rings. The smallest absolute Gasteiger partial charge is 0.280 e. The van der Waals surface area contributed by atoms with Crippen molar-refractivity contribution in [2.24, 2.45) is 0 Å². The molecule has 0 saturated carbocycles. The summed E-state index contributed by atoms with van der Waals surface area (Å²) < 4.78 is 19.2. The van der Waals surface area contributed by atoms with Gasteiger partial charge in [0.2, 0.25) is 0 Å². The zero-order chi connectivity index (χ0) is 16.7. The highest BCUT2D eigenvalue weighted by Gasteiger charge is 2.27. The molecule has 0 atom stereocenters. The first kappa shape index (κ1) is 15.1. The first-order valence-corrected chi connectivity index (χ1v) is 8.24.